The van der Waals surface area contributed by atoms with E-state index in [0.717, 1.165) is 12.5 Å². The number of rotatable bonds is 2. The fourth-order valence-electron chi connectivity index (χ4n) is 2.90. The van der Waals surface area contributed by atoms with Gasteiger partial charge in [0.05, 0.1) is 11.0 Å². The van der Waals surface area contributed by atoms with Crippen LogP contribution in [0.1, 0.15) is 43.2 Å². The highest BCUT2D eigenvalue weighted by Crippen LogP contribution is 2.45. The van der Waals surface area contributed by atoms with Crippen molar-refractivity contribution < 1.29 is 23.1 Å². The van der Waals surface area contributed by atoms with Gasteiger partial charge in [-0.3, -0.25) is 4.79 Å². The molecule has 1 aromatic carbocycles. The van der Waals surface area contributed by atoms with E-state index in [1.807, 2.05) is 0 Å². The van der Waals surface area contributed by atoms with Crippen molar-refractivity contribution in [2.24, 2.45) is 0 Å². The molecule has 0 atom stereocenters. The maximum absolute atomic E-state index is 13.0. The Hall–Kier alpha value is -1.52. The van der Waals surface area contributed by atoms with Gasteiger partial charge in [0.15, 0.2) is 0 Å². The molecule has 104 valence electrons. The molecule has 0 aliphatic heterocycles. The van der Waals surface area contributed by atoms with Crippen LogP contribution in [-0.4, -0.2) is 11.1 Å². The van der Waals surface area contributed by atoms with Crippen molar-refractivity contribution in [2.75, 3.05) is 0 Å². The molecular weight excluding hydrogens is 257 g/mol. The number of aliphatic carboxylic acids is 1. The van der Waals surface area contributed by atoms with Crippen LogP contribution < -0.4 is 0 Å². The molecule has 1 fully saturated rings. The maximum atomic E-state index is 13.0. The predicted molar refractivity (Wildman–Crippen MR) is 63.8 cm³/mol. The van der Waals surface area contributed by atoms with Crippen LogP contribution in [-0.2, 0) is 16.4 Å². The van der Waals surface area contributed by atoms with Gasteiger partial charge in [-0.2, -0.15) is 13.2 Å². The van der Waals surface area contributed by atoms with Crippen molar-refractivity contribution in [1.82, 2.24) is 0 Å². The van der Waals surface area contributed by atoms with Gasteiger partial charge < -0.3 is 5.11 Å². The minimum atomic E-state index is -4.52. The van der Waals surface area contributed by atoms with E-state index in [9.17, 15) is 23.1 Å². The second kappa shape index (κ2) is 4.87. The molecule has 0 spiro atoms. The molecule has 5 heteroatoms. The number of benzene rings is 1. The van der Waals surface area contributed by atoms with E-state index in [1.54, 1.807) is 0 Å². The molecular formula is C14H15F3O2. The Balaban J connectivity index is 2.58. The van der Waals surface area contributed by atoms with Crippen LogP contribution in [0, 0.1) is 0 Å². The first-order valence-electron chi connectivity index (χ1n) is 6.28. The van der Waals surface area contributed by atoms with Crippen molar-refractivity contribution >= 4 is 5.97 Å². The van der Waals surface area contributed by atoms with E-state index in [4.69, 9.17) is 0 Å². The van der Waals surface area contributed by atoms with E-state index in [-0.39, 0.29) is 18.4 Å². The lowest BCUT2D eigenvalue weighted by molar-refractivity contribution is -0.147. The second-order valence-corrected chi connectivity index (χ2v) is 4.99. The van der Waals surface area contributed by atoms with Crippen molar-refractivity contribution in [3.63, 3.8) is 0 Å². The van der Waals surface area contributed by atoms with Crippen LogP contribution in [0.2, 0.25) is 0 Å². The van der Waals surface area contributed by atoms with E-state index in [0.29, 0.717) is 12.8 Å². The molecule has 19 heavy (non-hydrogen) atoms. The number of carboxylic acid groups (broad SMARTS) is 1. The Kier molecular flexibility index (Phi) is 3.56. The fourth-order valence-corrected chi connectivity index (χ4v) is 2.90. The van der Waals surface area contributed by atoms with Crippen molar-refractivity contribution in [3.05, 3.63) is 35.4 Å². The normalized spacial score (nSPS) is 19.1. The fraction of sp³-hybridized carbons (Fsp3) is 0.500. The molecule has 1 N–H and O–H groups in total. The van der Waals surface area contributed by atoms with Gasteiger partial charge in [-0.25, -0.2) is 0 Å². The number of hydrogen-bond donors (Lipinski definition) is 1. The minimum Gasteiger partial charge on any atom is -0.481 e. The summed E-state index contributed by atoms with van der Waals surface area (Å²) in [5.41, 5.74) is -2.29. The van der Waals surface area contributed by atoms with Crippen molar-refractivity contribution in [1.29, 1.82) is 0 Å². The average Bonchev–Trinajstić information content (AvgIpc) is 2.38. The lowest BCUT2D eigenvalue weighted by Gasteiger charge is -2.35. The lowest BCUT2D eigenvalue weighted by Crippen LogP contribution is -2.39. The highest BCUT2D eigenvalue weighted by molar-refractivity contribution is 5.82. The van der Waals surface area contributed by atoms with Gasteiger partial charge in [-0.05, 0) is 24.5 Å². The average molecular weight is 272 g/mol. The van der Waals surface area contributed by atoms with Crippen molar-refractivity contribution in [3.8, 4) is 0 Å². The van der Waals surface area contributed by atoms with E-state index >= 15 is 0 Å². The van der Waals surface area contributed by atoms with Gasteiger partial charge in [-0.15, -0.1) is 0 Å². The molecule has 0 bridgehead atoms. The zero-order valence-electron chi connectivity index (χ0n) is 10.3. The minimum absolute atomic E-state index is 0.0882. The molecule has 0 unspecified atom stereocenters. The molecule has 0 amide bonds. The third-order valence-corrected chi connectivity index (χ3v) is 3.86. The maximum Gasteiger partial charge on any atom is 0.416 e. The summed E-state index contributed by atoms with van der Waals surface area (Å²) < 4.78 is 39.1. The summed E-state index contributed by atoms with van der Waals surface area (Å²) in [6, 6.07) is 5.05. The van der Waals surface area contributed by atoms with Gasteiger partial charge in [0, 0.05) is 0 Å². The summed E-state index contributed by atoms with van der Waals surface area (Å²) in [5.74, 6) is -1.15. The number of alkyl halides is 3. The second-order valence-electron chi connectivity index (χ2n) is 4.99. The third-order valence-electron chi connectivity index (χ3n) is 3.86. The Bertz CT molecular complexity index is 474. The molecule has 1 saturated carbocycles. The van der Waals surface area contributed by atoms with E-state index in [2.05, 4.69) is 0 Å². The molecule has 0 heterocycles. The highest BCUT2D eigenvalue weighted by atomic mass is 19.4. The standard InChI is InChI=1S/C14H15F3O2/c15-14(16,17)11-7-3-2-6-10(11)13(12(18)19)8-4-1-5-9-13/h2-3,6-7H,1,4-5,8-9H2,(H,18,19). The number of halogens is 3. The van der Waals surface area contributed by atoms with Crippen LogP contribution in [0.15, 0.2) is 24.3 Å². The predicted octanol–water partition coefficient (Wildman–Crippen LogP) is 3.99. The first kappa shape index (κ1) is 13.9. The van der Waals surface area contributed by atoms with Crippen molar-refractivity contribution in [2.45, 2.75) is 43.7 Å². The molecule has 1 aliphatic carbocycles. The summed E-state index contributed by atoms with van der Waals surface area (Å²) in [7, 11) is 0. The Morgan fingerprint density at radius 3 is 2.21 bits per heavy atom. The lowest BCUT2D eigenvalue weighted by atomic mass is 9.68. The smallest absolute Gasteiger partial charge is 0.416 e. The quantitative estimate of drug-likeness (QED) is 0.883. The zero-order chi connectivity index (χ0) is 14.1. The number of carboxylic acids is 1. The third kappa shape index (κ3) is 2.46. The topological polar surface area (TPSA) is 37.3 Å². The first-order valence-corrected chi connectivity index (χ1v) is 6.28. The van der Waals surface area contributed by atoms with Crippen LogP contribution in [0.4, 0.5) is 13.2 Å². The Morgan fingerprint density at radius 1 is 1.11 bits per heavy atom. The van der Waals surface area contributed by atoms with E-state index in [1.165, 1.54) is 18.2 Å². The molecule has 0 saturated heterocycles. The summed E-state index contributed by atoms with van der Waals surface area (Å²) >= 11 is 0. The van der Waals surface area contributed by atoms with Crippen LogP contribution in [0.5, 0.6) is 0 Å². The van der Waals surface area contributed by atoms with Gasteiger partial charge in [-0.1, -0.05) is 37.5 Å². The molecule has 0 aromatic heterocycles. The molecule has 1 aromatic rings. The van der Waals surface area contributed by atoms with E-state index < -0.39 is 23.1 Å². The number of hydrogen-bond acceptors (Lipinski definition) is 1. The van der Waals surface area contributed by atoms with Gasteiger partial charge in [0.25, 0.3) is 0 Å². The summed E-state index contributed by atoms with van der Waals surface area (Å²) in [5, 5.41) is 9.47. The van der Waals surface area contributed by atoms with Gasteiger partial charge in [0.2, 0.25) is 0 Å². The molecule has 2 rings (SSSR count). The first-order chi connectivity index (χ1) is 8.88. The van der Waals surface area contributed by atoms with Gasteiger partial charge >= 0.3 is 12.1 Å². The summed E-state index contributed by atoms with van der Waals surface area (Å²) in [6.45, 7) is 0. The summed E-state index contributed by atoms with van der Waals surface area (Å²) in [6.07, 6.45) is -1.79. The molecule has 2 nitrogen and oxygen atoms in total. The highest BCUT2D eigenvalue weighted by Gasteiger charge is 2.46. The van der Waals surface area contributed by atoms with Crippen LogP contribution in [0.25, 0.3) is 0 Å². The van der Waals surface area contributed by atoms with Crippen LogP contribution >= 0.6 is 0 Å². The van der Waals surface area contributed by atoms with Crippen LogP contribution in [0.3, 0.4) is 0 Å². The van der Waals surface area contributed by atoms with Gasteiger partial charge in [0.1, 0.15) is 0 Å². The monoisotopic (exact) mass is 272 g/mol. The Morgan fingerprint density at radius 2 is 1.68 bits per heavy atom. The number of carbonyl (C=O) groups is 1. The Labute approximate surface area is 109 Å². The SMILES string of the molecule is O=C(O)C1(c2ccccc2C(F)(F)F)CCCCC1. The zero-order valence-corrected chi connectivity index (χ0v) is 10.3. The largest absolute Gasteiger partial charge is 0.481 e. The molecule has 0 radical (unpaired) electrons. The molecule has 1 aliphatic rings. The summed E-state index contributed by atoms with van der Waals surface area (Å²) in [4.78, 5) is 11.6.